The van der Waals surface area contributed by atoms with Gasteiger partial charge in [-0.3, -0.25) is 4.79 Å². The second kappa shape index (κ2) is 6.99. The van der Waals surface area contributed by atoms with Crippen molar-refractivity contribution in [2.45, 2.75) is 45.5 Å². The van der Waals surface area contributed by atoms with Crippen LogP contribution in [0.3, 0.4) is 0 Å². The summed E-state index contributed by atoms with van der Waals surface area (Å²) in [7, 11) is 0. The monoisotopic (exact) mass is 330 g/mol. The molecule has 1 rings (SSSR count). The number of benzene rings is 1. The van der Waals surface area contributed by atoms with Gasteiger partial charge in [0.2, 0.25) is 5.91 Å². The van der Waals surface area contributed by atoms with Gasteiger partial charge in [-0.15, -0.1) is 0 Å². The smallest absolute Gasteiger partial charge is 0.270 e. The summed E-state index contributed by atoms with van der Waals surface area (Å²) in [6.45, 7) is 11.3. The summed E-state index contributed by atoms with van der Waals surface area (Å²) in [6.07, 6.45) is -2.40. The minimum Gasteiger partial charge on any atom is -0.326 e. The first kappa shape index (κ1) is 18.9. The molecule has 23 heavy (non-hydrogen) atoms. The maximum Gasteiger partial charge on any atom is 0.270 e. The van der Waals surface area contributed by atoms with Crippen LogP contribution in [0.1, 0.15) is 39.2 Å². The largest absolute Gasteiger partial charge is 0.326 e. The Bertz CT molecular complexity index is 621. The number of anilines is 1. The number of nitrogens with zero attached hydrogens (tertiary/aromatic N) is 1. The Kier molecular flexibility index (Phi) is 5.75. The highest BCUT2D eigenvalue weighted by atomic mass is 19.3. The molecule has 1 amide bonds. The molecule has 0 fully saturated rings. The molecule has 0 saturated carbocycles. The number of hydrogen-bond donors (Lipinski definition) is 1. The predicted molar refractivity (Wildman–Crippen MR) is 79.9 cm³/mol. The first-order chi connectivity index (χ1) is 10.5. The molecule has 0 atom stereocenters. The van der Waals surface area contributed by atoms with E-state index in [9.17, 15) is 22.4 Å². The molecule has 0 unspecified atom stereocenters. The number of nitrogens with one attached hydrogen (secondary N) is 1. The SMILES string of the molecule is [C-]#[N+]c1ccc(NC(=O)C(C)C)cc1C(F)(F)CC(F)(F)CC. The molecule has 0 heterocycles. The molecule has 0 saturated heterocycles. The standard InChI is InChI=1S/C16H18F4N2O/c1-5-15(17,18)9-16(19,20)12-8-11(6-7-13(12)21-4)22-14(23)10(2)3/h6-8,10H,5,9H2,1-3H3,(H,22,23). The maximum atomic E-state index is 14.2. The van der Waals surface area contributed by atoms with Gasteiger partial charge in [0.25, 0.3) is 11.8 Å². The van der Waals surface area contributed by atoms with Crippen LogP contribution < -0.4 is 5.32 Å². The van der Waals surface area contributed by atoms with Crippen LogP contribution in [0.25, 0.3) is 4.85 Å². The Morgan fingerprint density at radius 3 is 2.39 bits per heavy atom. The fourth-order valence-electron chi connectivity index (χ4n) is 1.84. The van der Waals surface area contributed by atoms with E-state index in [-0.39, 0.29) is 11.6 Å². The molecule has 0 aliphatic heterocycles. The van der Waals surface area contributed by atoms with Gasteiger partial charge in [0.05, 0.1) is 13.0 Å². The summed E-state index contributed by atoms with van der Waals surface area (Å²) >= 11 is 0. The minimum absolute atomic E-state index is 0.0468. The van der Waals surface area contributed by atoms with Crippen molar-refractivity contribution >= 4 is 17.3 Å². The fraction of sp³-hybridized carbons (Fsp3) is 0.500. The number of alkyl halides is 4. The van der Waals surface area contributed by atoms with E-state index in [0.717, 1.165) is 19.1 Å². The first-order valence-electron chi connectivity index (χ1n) is 7.11. The van der Waals surface area contributed by atoms with E-state index < -0.39 is 41.8 Å². The number of rotatable bonds is 6. The molecule has 0 aromatic heterocycles. The zero-order valence-corrected chi connectivity index (χ0v) is 13.1. The molecule has 0 radical (unpaired) electrons. The van der Waals surface area contributed by atoms with Crippen LogP contribution in [0.5, 0.6) is 0 Å². The quantitative estimate of drug-likeness (QED) is 0.553. The van der Waals surface area contributed by atoms with Gasteiger partial charge in [0, 0.05) is 23.6 Å². The summed E-state index contributed by atoms with van der Waals surface area (Å²) in [6, 6.07) is 3.28. The lowest BCUT2D eigenvalue weighted by Crippen LogP contribution is -2.27. The normalized spacial score (nSPS) is 12.1. The first-order valence-corrected chi connectivity index (χ1v) is 7.11. The molecule has 1 N–H and O–H groups in total. The number of amides is 1. The zero-order valence-electron chi connectivity index (χ0n) is 13.1. The molecule has 0 aliphatic rings. The van der Waals surface area contributed by atoms with Crippen LogP contribution in [-0.2, 0) is 10.7 Å². The van der Waals surface area contributed by atoms with E-state index in [1.807, 2.05) is 0 Å². The van der Waals surface area contributed by atoms with E-state index >= 15 is 0 Å². The van der Waals surface area contributed by atoms with Gasteiger partial charge >= 0.3 is 0 Å². The molecule has 0 bridgehead atoms. The highest BCUT2D eigenvalue weighted by molar-refractivity contribution is 5.92. The molecule has 126 valence electrons. The third-order valence-electron chi connectivity index (χ3n) is 3.30. The summed E-state index contributed by atoms with van der Waals surface area (Å²) in [5.74, 6) is -8.18. The number of carbonyl (C=O) groups is 1. The third-order valence-corrected chi connectivity index (χ3v) is 3.30. The van der Waals surface area contributed by atoms with Crippen molar-refractivity contribution in [3.63, 3.8) is 0 Å². The lowest BCUT2D eigenvalue weighted by molar-refractivity contribution is -0.119. The Labute approximate surface area is 132 Å². The van der Waals surface area contributed by atoms with E-state index in [1.165, 1.54) is 6.07 Å². The van der Waals surface area contributed by atoms with Crippen molar-refractivity contribution in [1.29, 1.82) is 0 Å². The lowest BCUT2D eigenvalue weighted by atomic mass is 9.98. The van der Waals surface area contributed by atoms with E-state index in [2.05, 4.69) is 10.2 Å². The summed E-state index contributed by atoms with van der Waals surface area (Å²) in [4.78, 5) is 14.6. The molecule has 0 spiro atoms. The summed E-state index contributed by atoms with van der Waals surface area (Å²) in [5.41, 5.74) is -1.17. The summed E-state index contributed by atoms with van der Waals surface area (Å²) < 4.78 is 55.2. The fourth-order valence-corrected chi connectivity index (χ4v) is 1.84. The van der Waals surface area contributed by atoms with Gasteiger partial charge in [0.1, 0.15) is 0 Å². The Morgan fingerprint density at radius 2 is 1.91 bits per heavy atom. The summed E-state index contributed by atoms with van der Waals surface area (Å²) in [5, 5.41) is 2.42. The van der Waals surface area contributed by atoms with Gasteiger partial charge in [0.15, 0.2) is 5.69 Å². The minimum atomic E-state index is -3.88. The van der Waals surface area contributed by atoms with Gasteiger partial charge in [-0.05, 0) is 12.1 Å². The van der Waals surface area contributed by atoms with Crippen molar-refractivity contribution in [3.05, 3.63) is 35.2 Å². The molecule has 0 aliphatic carbocycles. The molecule has 7 heteroatoms. The van der Waals surface area contributed by atoms with E-state index in [4.69, 9.17) is 6.57 Å². The van der Waals surface area contributed by atoms with Crippen molar-refractivity contribution < 1.29 is 22.4 Å². The second-order valence-corrected chi connectivity index (χ2v) is 5.58. The van der Waals surface area contributed by atoms with Crippen LogP contribution in [0.2, 0.25) is 0 Å². The van der Waals surface area contributed by atoms with Gasteiger partial charge < -0.3 is 5.32 Å². The lowest BCUT2D eigenvalue weighted by Gasteiger charge is -2.24. The molecule has 3 nitrogen and oxygen atoms in total. The van der Waals surface area contributed by atoms with Gasteiger partial charge in [-0.25, -0.2) is 22.4 Å². The topological polar surface area (TPSA) is 33.5 Å². The van der Waals surface area contributed by atoms with Crippen LogP contribution in [0, 0.1) is 12.5 Å². The Hall–Kier alpha value is -2.10. The Balaban J connectivity index is 3.22. The van der Waals surface area contributed by atoms with Crippen LogP contribution in [0.4, 0.5) is 28.9 Å². The molecule has 1 aromatic rings. The number of carbonyl (C=O) groups excluding carboxylic acids is 1. The van der Waals surface area contributed by atoms with Crippen LogP contribution in [0.15, 0.2) is 18.2 Å². The molecular formula is C16H18F4N2O. The van der Waals surface area contributed by atoms with Crippen molar-refractivity contribution in [2.75, 3.05) is 5.32 Å². The molecular weight excluding hydrogens is 312 g/mol. The number of halogens is 4. The average Bonchev–Trinajstić information content (AvgIpc) is 2.46. The average molecular weight is 330 g/mol. The van der Waals surface area contributed by atoms with Crippen LogP contribution in [-0.4, -0.2) is 11.8 Å². The van der Waals surface area contributed by atoms with E-state index in [1.54, 1.807) is 13.8 Å². The number of hydrogen-bond acceptors (Lipinski definition) is 1. The Morgan fingerprint density at radius 1 is 1.30 bits per heavy atom. The molecule has 1 aromatic carbocycles. The van der Waals surface area contributed by atoms with Gasteiger partial charge in [-0.1, -0.05) is 26.8 Å². The van der Waals surface area contributed by atoms with Crippen molar-refractivity contribution in [2.24, 2.45) is 5.92 Å². The maximum absolute atomic E-state index is 14.2. The van der Waals surface area contributed by atoms with Gasteiger partial charge in [-0.2, -0.15) is 0 Å². The highest BCUT2D eigenvalue weighted by Crippen LogP contribution is 2.44. The predicted octanol–water partition coefficient (Wildman–Crippen LogP) is 5.36. The van der Waals surface area contributed by atoms with E-state index in [0.29, 0.717) is 0 Å². The van der Waals surface area contributed by atoms with Crippen molar-refractivity contribution in [1.82, 2.24) is 0 Å². The highest BCUT2D eigenvalue weighted by Gasteiger charge is 2.44. The second-order valence-electron chi connectivity index (χ2n) is 5.58. The zero-order chi connectivity index (χ0) is 17.8. The van der Waals surface area contributed by atoms with Crippen molar-refractivity contribution in [3.8, 4) is 0 Å². The third kappa shape index (κ3) is 4.95. The van der Waals surface area contributed by atoms with Crippen LogP contribution >= 0.6 is 0 Å².